The molecular formula is C25H19Cl2N5O. The monoisotopic (exact) mass is 475 g/mol. The first-order chi connectivity index (χ1) is 16.0. The number of hydrogen-bond donors (Lipinski definition) is 2. The zero-order valence-corrected chi connectivity index (χ0v) is 19.1. The third kappa shape index (κ3) is 4.49. The summed E-state index contributed by atoms with van der Waals surface area (Å²) in [7, 11) is 0. The molecule has 0 aliphatic carbocycles. The van der Waals surface area contributed by atoms with Crippen molar-refractivity contribution in [3.8, 4) is 0 Å². The Kier molecular flexibility index (Phi) is 5.62. The molecule has 0 fully saturated rings. The number of fused-ring (bicyclic) bond motifs is 1. The molecule has 5 rings (SSSR count). The van der Waals surface area contributed by atoms with E-state index in [9.17, 15) is 4.79 Å². The van der Waals surface area contributed by atoms with Crippen LogP contribution in [-0.4, -0.2) is 20.7 Å². The third-order valence-corrected chi connectivity index (χ3v) is 5.84. The number of allylic oxidation sites excluding steroid dienone is 1. The fourth-order valence-corrected chi connectivity index (χ4v) is 3.95. The van der Waals surface area contributed by atoms with Gasteiger partial charge in [-0.25, -0.2) is 4.68 Å². The first kappa shape index (κ1) is 21.2. The molecule has 2 N–H and O–H groups in total. The Hall–Kier alpha value is -3.61. The van der Waals surface area contributed by atoms with E-state index < -0.39 is 0 Å². The summed E-state index contributed by atoms with van der Waals surface area (Å²) in [5, 5.41) is 12.0. The van der Waals surface area contributed by atoms with Crippen molar-refractivity contribution in [3.63, 3.8) is 0 Å². The lowest BCUT2D eigenvalue weighted by Gasteiger charge is -2.24. The Bertz CT molecular complexity index is 1360. The second-order valence-electron chi connectivity index (χ2n) is 7.74. The Balaban J connectivity index is 1.51. The molecule has 0 bridgehead atoms. The van der Waals surface area contributed by atoms with Crippen LogP contribution in [0.3, 0.4) is 0 Å². The van der Waals surface area contributed by atoms with E-state index in [0.717, 1.165) is 22.4 Å². The topological polar surface area (TPSA) is 71.8 Å². The molecule has 0 unspecified atom stereocenters. The van der Waals surface area contributed by atoms with Crippen LogP contribution in [-0.2, 0) is 0 Å². The molecule has 1 aliphatic rings. The SMILES string of the molecule is Cc1cccc(C(=O)Nc2nc3n(n2)[C@@H](c2ccc(Cl)cc2)C=C(c2ccc(Cl)cc2)N3)c1. The van der Waals surface area contributed by atoms with E-state index in [-0.39, 0.29) is 17.9 Å². The van der Waals surface area contributed by atoms with Crippen LogP contribution in [0.2, 0.25) is 10.0 Å². The number of benzene rings is 3. The molecule has 0 spiro atoms. The number of hydrogen-bond acceptors (Lipinski definition) is 4. The maximum absolute atomic E-state index is 12.7. The van der Waals surface area contributed by atoms with Gasteiger partial charge in [-0.3, -0.25) is 10.1 Å². The van der Waals surface area contributed by atoms with E-state index in [1.165, 1.54) is 0 Å². The summed E-state index contributed by atoms with van der Waals surface area (Å²) in [6, 6.07) is 22.2. The number of nitrogens with one attached hydrogen (secondary N) is 2. The molecular weight excluding hydrogens is 457 g/mol. The normalized spacial score (nSPS) is 14.8. The van der Waals surface area contributed by atoms with Crippen molar-refractivity contribution in [1.82, 2.24) is 14.8 Å². The lowest BCUT2D eigenvalue weighted by Crippen LogP contribution is -2.20. The summed E-state index contributed by atoms with van der Waals surface area (Å²) in [5.74, 6) is 0.464. The van der Waals surface area contributed by atoms with Gasteiger partial charge in [-0.05, 0) is 60.5 Å². The van der Waals surface area contributed by atoms with E-state index >= 15 is 0 Å². The van der Waals surface area contributed by atoms with Gasteiger partial charge in [0.25, 0.3) is 11.9 Å². The van der Waals surface area contributed by atoms with E-state index in [0.29, 0.717) is 21.6 Å². The summed E-state index contributed by atoms with van der Waals surface area (Å²) in [4.78, 5) is 17.3. The van der Waals surface area contributed by atoms with Gasteiger partial charge in [-0.1, -0.05) is 65.2 Å². The molecule has 2 heterocycles. The van der Waals surface area contributed by atoms with Gasteiger partial charge in [0.1, 0.15) is 6.04 Å². The first-order valence-corrected chi connectivity index (χ1v) is 11.1. The Morgan fingerprint density at radius 2 is 1.70 bits per heavy atom. The summed E-state index contributed by atoms with van der Waals surface area (Å²) in [5.41, 5.74) is 4.35. The van der Waals surface area contributed by atoms with Gasteiger partial charge in [0.15, 0.2) is 0 Å². The van der Waals surface area contributed by atoms with E-state index in [1.807, 2.05) is 73.7 Å². The lowest BCUT2D eigenvalue weighted by atomic mass is 10.0. The number of carbonyl (C=O) groups excluding carboxylic acids is 1. The zero-order chi connectivity index (χ0) is 22.9. The number of anilines is 2. The molecule has 0 radical (unpaired) electrons. The largest absolute Gasteiger partial charge is 0.324 e. The van der Waals surface area contributed by atoms with Gasteiger partial charge in [0.2, 0.25) is 5.95 Å². The average molecular weight is 476 g/mol. The molecule has 4 aromatic rings. The summed E-state index contributed by atoms with van der Waals surface area (Å²) < 4.78 is 1.74. The quantitative estimate of drug-likeness (QED) is 0.368. The van der Waals surface area contributed by atoms with E-state index in [4.69, 9.17) is 23.2 Å². The average Bonchev–Trinajstić information content (AvgIpc) is 3.22. The highest BCUT2D eigenvalue weighted by molar-refractivity contribution is 6.30. The highest BCUT2D eigenvalue weighted by Crippen LogP contribution is 2.34. The number of amides is 1. The van der Waals surface area contributed by atoms with Crippen LogP contribution in [0.5, 0.6) is 0 Å². The second kappa shape index (κ2) is 8.73. The van der Waals surface area contributed by atoms with Crippen molar-refractivity contribution >= 4 is 46.7 Å². The minimum Gasteiger partial charge on any atom is -0.324 e. The first-order valence-electron chi connectivity index (χ1n) is 10.3. The van der Waals surface area contributed by atoms with Crippen molar-refractivity contribution in [2.75, 3.05) is 10.6 Å². The van der Waals surface area contributed by atoms with Gasteiger partial charge in [0.05, 0.1) is 0 Å². The van der Waals surface area contributed by atoms with Gasteiger partial charge in [0, 0.05) is 21.3 Å². The fraction of sp³-hybridized carbons (Fsp3) is 0.0800. The lowest BCUT2D eigenvalue weighted by molar-refractivity contribution is 0.102. The summed E-state index contributed by atoms with van der Waals surface area (Å²) in [6.45, 7) is 1.94. The number of halogens is 2. The maximum Gasteiger partial charge on any atom is 0.258 e. The minimum atomic E-state index is -0.268. The molecule has 1 atom stereocenters. The van der Waals surface area contributed by atoms with Crippen LogP contribution in [0, 0.1) is 6.92 Å². The van der Waals surface area contributed by atoms with Crippen LogP contribution in [0.1, 0.15) is 33.1 Å². The van der Waals surface area contributed by atoms with E-state index in [1.54, 1.807) is 10.7 Å². The van der Waals surface area contributed by atoms with Gasteiger partial charge in [-0.15, -0.1) is 5.10 Å². The Morgan fingerprint density at radius 1 is 1.00 bits per heavy atom. The Labute approximate surface area is 200 Å². The van der Waals surface area contributed by atoms with Crippen molar-refractivity contribution in [2.24, 2.45) is 0 Å². The molecule has 8 heteroatoms. The molecule has 164 valence electrons. The van der Waals surface area contributed by atoms with Gasteiger partial charge in [-0.2, -0.15) is 4.98 Å². The summed E-state index contributed by atoms with van der Waals surface area (Å²) >= 11 is 12.2. The van der Waals surface area contributed by atoms with Crippen molar-refractivity contribution in [2.45, 2.75) is 13.0 Å². The van der Waals surface area contributed by atoms with Crippen molar-refractivity contribution < 1.29 is 4.79 Å². The molecule has 3 aromatic carbocycles. The predicted molar refractivity (Wildman–Crippen MR) is 132 cm³/mol. The zero-order valence-electron chi connectivity index (χ0n) is 17.6. The second-order valence-corrected chi connectivity index (χ2v) is 8.61. The van der Waals surface area contributed by atoms with Crippen LogP contribution in [0.15, 0.2) is 78.9 Å². The number of carbonyl (C=O) groups is 1. The predicted octanol–water partition coefficient (Wildman–Crippen LogP) is 6.20. The van der Waals surface area contributed by atoms with Crippen molar-refractivity contribution in [3.05, 3.63) is 111 Å². The maximum atomic E-state index is 12.7. The van der Waals surface area contributed by atoms with E-state index in [2.05, 4.69) is 26.8 Å². The fourth-order valence-electron chi connectivity index (χ4n) is 3.70. The smallest absolute Gasteiger partial charge is 0.258 e. The van der Waals surface area contributed by atoms with Crippen molar-refractivity contribution in [1.29, 1.82) is 0 Å². The standard InChI is InChI=1S/C25H19Cl2N5O/c1-15-3-2-4-18(13-15)23(33)29-24-30-25-28-21(16-5-9-19(26)10-6-16)14-22(32(25)31-24)17-7-11-20(27)12-8-17/h2-14,22H,1H3,(H2,28,29,30,31,33)/t22-/m1/s1. The molecule has 1 aromatic heterocycles. The highest BCUT2D eigenvalue weighted by atomic mass is 35.5. The molecule has 33 heavy (non-hydrogen) atoms. The summed E-state index contributed by atoms with van der Waals surface area (Å²) in [6.07, 6.45) is 2.06. The van der Waals surface area contributed by atoms with Crippen LogP contribution in [0.25, 0.3) is 5.70 Å². The minimum absolute atomic E-state index is 0.216. The molecule has 1 aliphatic heterocycles. The third-order valence-electron chi connectivity index (χ3n) is 5.34. The molecule has 1 amide bonds. The number of nitrogens with zero attached hydrogens (tertiary/aromatic N) is 3. The molecule has 0 saturated heterocycles. The highest BCUT2D eigenvalue weighted by Gasteiger charge is 2.26. The molecule has 6 nitrogen and oxygen atoms in total. The van der Waals surface area contributed by atoms with Gasteiger partial charge < -0.3 is 5.32 Å². The van der Waals surface area contributed by atoms with Crippen LogP contribution in [0.4, 0.5) is 11.9 Å². The number of rotatable bonds is 4. The van der Waals surface area contributed by atoms with Gasteiger partial charge >= 0.3 is 0 Å². The van der Waals surface area contributed by atoms with Crippen LogP contribution >= 0.6 is 23.2 Å². The number of aromatic nitrogens is 3. The molecule has 0 saturated carbocycles. The number of aryl methyl sites for hydroxylation is 1. The Morgan fingerprint density at radius 3 is 2.39 bits per heavy atom. The van der Waals surface area contributed by atoms with Crippen LogP contribution < -0.4 is 10.6 Å².